The van der Waals surface area contributed by atoms with E-state index in [4.69, 9.17) is 27.9 Å². The lowest BCUT2D eigenvalue weighted by Crippen LogP contribution is -2.28. The highest BCUT2D eigenvalue weighted by atomic mass is 35.5. The molecule has 0 spiro atoms. The molecular weight excluding hydrogens is 558 g/mol. The van der Waals surface area contributed by atoms with Crippen LogP contribution in [0, 0.1) is 0 Å². The molecule has 1 aromatic carbocycles. The Labute approximate surface area is 210 Å². The normalized spacial score (nSPS) is 11.8. The first-order valence-electron chi connectivity index (χ1n) is 9.40. The van der Waals surface area contributed by atoms with Gasteiger partial charge in [0, 0.05) is 25.0 Å². The molecule has 16 heteroatoms. The number of esters is 2. The number of nitrogens with zero attached hydrogens (tertiary/aromatic N) is 2. The fourth-order valence-corrected chi connectivity index (χ4v) is 5.50. The molecule has 0 bridgehead atoms. The van der Waals surface area contributed by atoms with Crippen molar-refractivity contribution < 1.29 is 40.7 Å². The number of benzene rings is 1. The van der Waals surface area contributed by atoms with Gasteiger partial charge in [-0.3, -0.25) is 4.72 Å². The average Bonchev–Trinajstić information content (AvgIpc) is 3.40. The van der Waals surface area contributed by atoms with Crippen LogP contribution in [0.2, 0.25) is 9.36 Å². The van der Waals surface area contributed by atoms with E-state index in [0.29, 0.717) is 24.3 Å². The first-order chi connectivity index (χ1) is 16.4. The molecule has 0 unspecified atom stereocenters. The number of halogens is 5. The number of hydrogen-bond donors (Lipinski definition) is 1. The lowest BCUT2D eigenvalue weighted by Gasteiger charge is -2.14. The van der Waals surface area contributed by atoms with Gasteiger partial charge in [0.15, 0.2) is 0 Å². The molecule has 2 heterocycles. The monoisotopic (exact) mass is 571 g/mol. The molecular formula is C19H14Cl2F3N3O6S2. The van der Waals surface area contributed by atoms with E-state index in [1.807, 2.05) is 0 Å². The zero-order valence-electron chi connectivity index (χ0n) is 17.2. The minimum atomic E-state index is -5.37. The number of carbonyl (C=O) groups is 2. The molecule has 9 nitrogen and oxygen atoms in total. The van der Waals surface area contributed by atoms with Crippen molar-refractivity contribution >= 4 is 62.2 Å². The van der Waals surface area contributed by atoms with Gasteiger partial charge in [-0.05, 0) is 24.6 Å². The molecule has 1 N–H and O–H groups in total. The number of ether oxygens (including phenoxy) is 2. The van der Waals surface area contributed by atoms with E-state index in [9.17, 15) is 31.2 Å². The van der Waals surface area contributed by atoms with Crippen LogP contribution in [-0.2, 0) is 26.1 Å². The molecule has 0 radical (unpaired) electrons. The van der Waals surface area contributed by atoms with Gasteiger partial charge < -0.3 is 14.0 Å². The summed E-state index contributed by atoms with van der Waals surface area (Å²) in [5.74, 6) is -4.54. The summed E-state index contributed by atoms with van der Waals surface area (Å²) in [4.78, 5) is 27.7. The SMILES string of the molecule is O=C(OCCCn1ccnc1)c1ccc(NS(=O)(=O)c2cc(Cl)c(Cl)s2)cc1OC(=O)C(F)(F)F. The average molecular weight is 572 g/mol. The third-order valence-electron chi connectivity index (χ3n) is 4.13. The highest BCUT2D eigenvalue weighted by Gasteiger charge is 2.42. The molecule has 0 aliphatic carbocycles. The molecule has 188 valence electrons. The lowest BCUT2D eigenvalue weighted by atomic mass is 10.2. The maximum Gasteiger partial charge on any atom is 0.491 e. The summed E-state index contributed by atoms with van der Waals surface area (Å²) in [6.45, 7) is 0.360. The number of nitrogens with one attached hydrogen (secondary N) is 1. The Kier molecular flexibility index (Phi) is 8.30. The number of anilines is 1. The Bertz CT molecular complexity index is 1310. The summed E-state index contributed by atoms with van der Waals surface area (Å²) in [5.41, 5.74) is -0.817. The van der Waals surface area contributed by atoms with Crippen molar-refractivity contribution in [2.45, 2.75) is 23.4 Å². The Morgan fingerprint density at radius 3 is 2.54 bits per heavy atom. The van der Waals surface area contributed by atoms with E-state index < -0.39 is 39.5 Å². The van der Waals surface area contributed by atoms with Crippen LogP contribution in [0.3, 0.4) is 0 Å². The van der Waals surface area contributed by atoms with E-state index in [1.54, 1.807) is 23.3 Å². The van der Waals surface area contributed by atoms with E-state index in [1.165, 1.54) is 0 Å². The Morgan fingerprint density at radius 1 is 1.20 bits per heavy atom. The zero-order chi connectivity index (χ0) is 25.8. The highest BCUT2D eigenvalue weighted by Crippen LogP contribution is 2.35. The molecule has 0 aliphatic heterocycles. The molecule has 35 heavy (non-hydrogen) atoms. The Morgan fingerprint density at radius 2 is 1.94 bits per heavy atom. The number of imidazole rings is 1. The second kappa shape index (κ2) is 10.8. The fraction of sp³-hybridized carbons (Fsp3) is 0.211. The second-order valence-corrected chi connectivity index (χ2v) is 10.7. The molecule has 0 amide bonds. The van der Waals surface area contributed by atoms with E-state index in [0.717, 1.165) is 24.3 Å². The summed E-state index contributed by atoms with van der Waals surface area (Å²) in [5, 5.41) is -0.0111. The Balaban J connectivity index is 1.80. The number of alkyl halides is 3. The van der Waals surface area contributed by atoms with Gasteiger partial charge in [-0.2, -0.15) is 13.2 Å². The number of sulfonamides is 1. The maximum absolute atomic E-state index is 12.8. The zero-order valence-corrected chi connectivity index (χ0v) is 20.4. The molecule has 0 atom stereocenters. The molecule has 2 aromatic heterocycles. The number of carbonyl (C=O) groups excluding carboxylic acids is 2. The van der Waals surface area contributed by atoms with Crippen molar-refractivity contribution in [2.24, 2.45) is 0 Å². The fourth-order valence-electron chi connectivity index (χ4n) is 2.57. The van der Waals surface area contributed by atoms with Crippen LogP contribution in [-0.4, -0.2) is 42.7 Å². The number of aryl methyl sites for hydroxylation is 1. The summed E-state index contributed by atoms with van der Waals surface area (Å²) < 4.78 is 76.3. The van der Waals surface area contributed by atoms with Crippen LogP contribution in [0.5, 0.6) is 5.75 Å². The van der Waals surface area contributed by atoms with Gasteiger partial charge >= 0.3 is 18.1 Å². The standard InChI is InChI=1S/C19H14Cl2F3N3O6S2/c20-13-9-15(34-16(13)21)35(30,31)26-11-2-3-12(14(8-11)33-18(29)19(22,23)24)17(28)32-7-1-5-27-6-4-25-10-27/h2-4,6,8-10,26H,1,5,7H2. The summed E-state index contributed by atoms with van der Waals surface area (Å²) in [6, 6.07) is 3.88. The Hall–Kier alpha value is -2.81. The van der Waals surface area contributed by atoms with Crippen molar-refractivity contribution in [3.8, 4) is 5.75 Å². The predicted octanol–water partition coefficient (Wildman–Crippen LogP) is 4.77. The topological polar surface area (TPSA) is 117 Å². The minimum Gasteiger partial charge on any atom is -0.462 e. The van der Waals surface area contributed by atoms with Crippen LogP contribution < -0.4 is 9.46 Å². The highest BCUT2D eigenvalue weighted by molar-refractivity contribution is 7.94. The molecule has 0 fully saturated rings. The first-order valence-corrected chi connectivity index (χ1v) is 12.5. The predicted molar refractivity (Wildman–Crippen MR) is 120 cm³/mol. The number of hydrogen-bond acceptors (Lipinski definition) is 8. The summed E-state index contributed by atoms with van der Waals surface area (Å²) in [7, 11) is -4.25. The number of rotatable bonds is 9. The third kappa shape index (κ3) is 7.10. The van der Waals surface area contributed by atoms with Gasteiger partial charge in [-0.1, -0.05) is 23.2 Å². The van der Waals surface area contributed by atoms with Crippen molar-refractivity contribution in [3.05, 3.63) is 57.9 Å². The van der Waals surface area contributed by atoms with E-state index in [-0.39, 0.29) is 25.9 Å². The van der Waals surface area contributed by atoms with Crippen LogP contribution in [0.4, 0.5) is 18.9 Å². The van der Waals surface area contributed by atoms with Crippen molar-refractivity contribution in [1.82, 2.24) is 9.55 Å². The minimum absolute atomic E-state index is 0.0111. The lowest BCUT2D eigenvalue weighted by molar-refractivity contribution is -0.189. The smallest absolute Gasteiger partial charge is 0.462 e. The summed E-state index contributed by atoms with van der Waals surface area (Å²) >= 11 is 12.2. The van der Waals surface area contributed by atoms with Gasteiger partial charge in [0.25, 0.3) is 10.0 Å². The molecule has 0 aliphatic rings. The van der Waals surface area contributed by atoms with Gasteiger partial charge in [0.2, 0.25) is 0 Å². The van der Waals surface area contributed by atoms with E-state index in [2.05, 4.69) is 14.4 Å². The second-order valence-electron chi connectivity index (χ2n) is 6.68. The van der Waals surface area contributed by atoms with Crippen molar-refractivity contribution in [3.63, 3.8) is 0 Å². The van der Waals surface area contributed by atoms with Crippen molar-refractivity contribution in [1.29, 1.82) is 0 Å². The van der Waals surface area contributed by atoms with Crippen LogP contribution in [0.1, 0.15) is 16.8 Å². The first kappa shape index (κ1) is 26.8. The molecule has 0 saturated carbocycles. The van der Waals surface area contributed by atoms with E-state index >= 15 is 0 Å². The van der Waals surface area contributed by atoms with Gasteiger partial charge in [-0.25, -0.2) is 23.0 Å². The van der Waals surface area contributed by atoms with Gasteiger partial charge in [-0.15, -0.1) is 11.3 Å². The molecule has 0 saturated heterocycles. The quantitative estimate of drug-likeness (QED) is 0.223. The van der Waals surface area contributed by atoms with Gasteiger partial charge in [0.1, 0.15) is 19.9 Å². The van der Waals surface area contributed by atoms with Crippen molar-refractivity contribution in [2.75, 3.05) is 11.3 Å². The van der Waals surface area contributed by atoms with Crippen LogP contribution in [0.25, 0.3) is 0 Å². The van der Waals surface area contributed by atoms with Gasteiger partial charge in [0.05, 0.1) is 23.6 Å². The van der Waals surface area contributed by atoms with Crippen LogP contribution in [0.15, 0.2) is 47.2 Å². The molecule has 3 aromatic rings. The molecule has 3 rings (SSSR count). The van der Waals surface area contributed by atoms with Crippen LogP contribution >= 0.6 is 34.5 Å². The third-order valence-corrected chi connectivity index (χ3v) is 7.85. The maximum atomic E-state index is 12.8. The number of thiophene rings is 1. The summed E-state index contributed by atoms with van der Waals surface area (Å²) in [6.07, 6.45) is -0.205. The number of aromatic nitrogens is 2. The largest absolute Gasteiger partial charge is 0.491 e.